The van der Waals surface area contributed by atoms with Gasteiger partial charge in [0.25, 0.3) is 0 Å². The average Bonchev–Trinajstić information content (AvgIpc) is 3.12. The Bertz CT molecular complexity index is 730. The molecule has 1 amide bonds. The summed E-state index contributed by atoms with van der Waals surface area (Å²) in [6.07, 6.45) is 3.80. The monoisotopic (exact) mass is 326 g/mol. The highest BCUT2D eigenvalue weighted by Crippen LogP contribution is 2.35. The van der Waals surface area contributed by atoms with Crippen LogP contribution in [0.15, 0.2) is 36.7 Å². The molecule has 0 N–H and O–H groups in total. The van der Waals surface area contributed by atoms with Crippen molar-refractivity contribution >= 4 is 11.9 Å². The summed E-state index contributed by atoms with van der Waals surface area (Å²) < 4.78 is 10.8. The average molecular weight is 326 g/mol. The Balaban J connectivity index is 1.38. The van der Waals surface area contributed by atoms with Crippen molar-refractivity contribution in [2.45, 2.75) is 6.42 Å². The molecule has 2 aliphatic heterocycles. The molecule has 3 heterocycles. The minimum Gasteiger partial charge on any atom is -0.454 e. The van der Waals surface area contributed by atoms with E-state index in [-0.39, 0.29) is 12.7 Å². The number of hydrogen-bond donors (Lipinski definition) is 0. The summed E-state index contributed by atoms with van der Waals surface area (Å²) >= 11 is 0. The van der Waals surface area contributed by atoms with Crippen molar-refractivity contribution in [3.63, 3.8) is 0 Å². The molecular weight excluding hydrogens is 308 g/mol. The van der Waals surface area contributed by atoms with Gasteiger partial charge in [-0.05, 0) is 12.1 Å². The highest BCUT2D eigenvalue weighted by Gasteiger charge is 2.25. The number of benzene rings is 1. The van der Waals surface area contributed by atoms with E-state index in [2.05, 4.69) is 14.9 Å². The first-order valence-corrected chi connectivity index (χ1v) is 7.98. The number of carbonyl (C=O) groups is 1. The van der Waals surface area contributed by atoms with Gasteiger partial charge in [-0.3, -0.25) is 4.79 Å². The van der Waals surface area contributed by atoms with Crippen LogP contribution in [0.1, 0.15) is 5.56 Å². The van der Waals surface area contributed by atoms with Crippen LogP contribution >= 0.6 is 0 Å². The molecule has 0 radical (unpaired) electrons. The van der Waals surface area contributed by atoms with Crippen LogP contribution in [-0.2, 0) is 11.2 Å². The summed E-state index contributed by atoms with van der Waals surface area (Å²) in [5, 5.41) is 0. The molecule has 1 fully saturated rings. The lowest BCUT2D eigenvalue weighted by Gasteiger charge is -2.34. The third-order valence-electron chi connectivity index (χ3n) is 4.29. The number of hydrogen-bond acceptors (Lipinski definition) is 6. The first kappa shape index (κ1) is 14.7. The van der Waals surface area contributed by atoms with Gasteiger partial charge in [0.15, 0.2) is 11.5 Å². The van der Waals surface area contributed by atoms with Crippen LogP contribution in [0.3, 0.4) is 0 Å². The summed E-state index contributed by atoms with van der Waals surface area (Å²) in [5.74, 6) is 2.23. The molecule has 7 nitrogen and oxygen atoms in total. The Labute approximate surface area is 139 Å². The number of rotatable bonds is 3. The molecule has 4 rings (SSSR count). The summed E-state index contributed by atoms with van der Waals surface area (Å²) in [6.45, 7) is 3.04. The van der Waals surface area contributed by atoms with Gasteiger partial charge < -0.3 is 19.3 Å². The zero-order valence-corrected chi connectivity index (χ0v) is 13.2. The Hall–Kier alpha value is -2.83. The first-order valence-electron chi connectivity index (χ1n) is 7.98. The number of para-hydroxylation sites is 1. The van der Waals surface area contributed by atoms with E-state index in [0.29, 0.717) is 31.0 Å². The number of fused-ring (bicyclic) bond motifs is 1. The second-order valence-corrected chi connectivity index (χ2v) is 5.74. The first-order chi connectivity index (χ1) is 11.8. The van der Waals surface area contributed by atoms with E-state index < -0.39 is 0 Å². The van der Waals surface area contributed by atoms with Crippen molar-refractivity contribution in [2.24, 2.45) is 0 Å². The number of anilines is 1. The molecule has 0 atom stereocenters. The fourth-order valence-corrected chi connectivity index (χ4v) is 3.01. The van der Waals surface area contributed by atoms with Crippen LogP contribution in [0.2, 0.25) is 0 Å². The molecule has 0 unspecified atom stereocenters. The number of ether oxygens (including phenoxy) is 2. The van der Waals surface area contributed by atoms with Gasteiger partial charge >= 0.3 is 0 Å². The van der Waals surface area contributed by atoms with Crippen molar-refractivity contribution in [3.8, 4) is 11.5 Å². The van der Waals surface area contributed by atoms with Gasteiger partial charge in [0.2, 0.25) is 18.6 Å². The Morgan fingerprint density at radius 3 is 2.62 bits per heavy atom. The fraction of sp³-hybridized carbons (Fsp3) is 0.353. The summed E-state index contributed by atoms with van der Waals surface area (Å²) in [5.41, 5.74) is 0.879. The second kappa shape index (κ2) is 6.35. The predicted octanol–water partition coefficient (Wildman–Crippen LogP) is 1.10. The standard InChI is InChI=1S/C17H18N4O3/c22-15(11-13-3-1-4-14-16(13)24-12-23-14)20-7-9-21(10-8-20)17-18-5-2-6-19-17/h1-6H,7-12H2. The molecule has 24 heavy (non-hydrogen) atoms. The molecule has 2 aromatic rings. The molecule has 1 saturated heterocycles. The number of carbonyl (C=O) groups excluding carboxylic acids is 1. The minimum absolute atomic E-state index is 0.104. The molecular formula is C17H18N4O3. The zero-order valence-electron chi connectivity index (χ0n) is 13.2. The SMILES string of the molecule is O=C(Cc1cccc2c1OCO2)N1CCN(c2ncccn2)CC1. The van der Waals surface area contributed by atoms with E-state index in [0.717, 1.165) is 24.6 Å². The summed E-state index contributed by atoms with van der Waals surface area (Å²) in [6, 6.07) is 7.46. The number of nitrogens with zero attached hydrogens (tertiary/aromatic N) is 4. The number of piperazine rings is 1. The lowest BCUT2D eigenvalue weighted by molar-refractivity contribution is -0.130. The maximum Gasteiger partial charge on any atom is 0.231 e. The Morgan fingerprint density at radius 1 is 1.04 bits per heavy atom. The highest BCUT2D eigenvalue weighted by atomic mass is 16.7. The maximum atomic E-state index is 12.6. The van der Waals surface area contributed by atoms with E-state index in [4.69, 9.17) is 9.47 Å². The third kappa shape index (κ3) is 2.84. The lowest BCUT2D eigenvalue weighted by Crippen LogP contribution is -2.49. The quantitative estimate of drug-likeness (QED) is 0.841. The largest absolute Gasteiger partial charge is 0.454 e. The van der Waals surface area contributed by atoms with Gasteiger partial charge in [0.1, 0.15) is 0 Å². The zero-order chi connectivity index (χ0) is 16.4. The Morgan fingerprint density at radius 2 is 1.83 bits per heavy atom. The maximum absolute atomic E-state index is 12.6. The van der Waals surface area contributed by atoms with Crippen LogP contribution in [-0.4, -0.2) is 53.7 Å². The van der Waals surface area contributed by atoms with Gasteiger partial charge in [-0.15, -0.1) is 0 Å². The molecule has 1 aromatic heterocycles. The molecule has 0 aliphatic carbocycles. The van der Waals surface area contributed by atoms with Crippen molar-refractivity contribution in [1.82, 2.24) is 14.9 Å². The molecule has 7 heteroatoms. The van der Waals surface area contributed by atoms with Gasteiger partial charge in [0.05, 0.1) is 6.42 Å². The van der Waals surface area contributed by atoms with Gasteiger partial charge in [-0.25, -0.2) is 9.97 Å². The third-order valence-corrected chi connectivity index (χ3v) is 4.29. The van der Waals surface area contributed by atoms with Crippen molar-refractivity contribution < 1.29 is 14.3 Å². The molecule has 0 bridgehead atoms. The molecule has 0 saturated carbocycles. The van der Waals surface area contributed by atoms with E-state index in [1.54, 1.807) is 18.5 Å². The molecule has 0 spiro atoms. The van der Waals surface area contributed by atoms with Crippen molar-refractivity contribution in [1.29, 1.82) is 0 Å². The predicted molar refractivity (Wildman–Crippen MR) is 87.1 cm³/mol. The Kier molecular flexibility index (Phi) is 3.90. The topological polar surface area (TPSA) is 67.8 Å². The normalized spacial score (nSPS) is 16.3. The minimum atomic E-state index is 0.104. The number of amides is 1. The summed E-state index contributed by atoms with van der Waals surface area (Å²) in [4.78, 5) is 25.1. The second-order valence-electron chi connectivity index (χ2n) is 5.74. The molecule has 1 aromatic carbocycles. The van der Waals surface area contributed by atoms with Crippen LogP contribution < -0.4 is 14.4 Å². The number of aromatic nitrogens is 2. The lowest BCUT2D eigenvalue weighted by atomic mass is 10.1. The van der Waals surface area contributed by atoms with E-state index >= 15 is 0 Å². The summed E-state index contributed by atoms with van der Waals surface area (Å²) in [7, 11) is 0. The van der Waals surface area contributed by atoms with Crippen molar-refractivity contribution in [3.05, 3.63) is 42.2 Å². The van der Waals surface area contributed by atoms with E-state index in [9.17, 15) is 4.79 Å². The highest BCUT2D eigenvalue weighted by molar-refractivity contribution is 5.80. The fourth-order valence-electron chi connectivity index (χ4n) is 3.01. The van der Waals surface area contributed by atoms with Crippen molar-refractivity contribution in [2.75, 3.05) is 37.9 Å². The molecule has 124 valence electrons. The van der Waals surface area contributed by atoms with Crippen LogP contribution in [0, 0.1) is 0 Å². The van der Waals surface area contributed by atoms with Crippen LogP contribution in [0.5, 0.6) is 11.5 Å². The van der Waals surface area contributed by atoms with Gasteiger partial charge in [-0.2, -0.15) is 0 Å². The molecule has 2 aliphatic rings. The van der Waals surface area contributed by atoms with Crippen LogP contribution in [0.4, 0.5) is 5.95 Å². The van der Waals surface area contributed by atoms with Gasteiger partial charge in [-0.1, -0.05) is 12.1 Å². The van der Waals surface area contributed by atoms with E-state index in [1.807, 2.05) is 23.1 Å². The smallest absolute Gasteiger partial charge is 0.231 e. The van der Waals surface area contributed by atoms with Crippen LogP contribution in [0.25, 0.3) is 0 Å². The van der Waals surface area contributed by atoms with E-state index in [1.165, 1.54) is 0 Å². The van der Waals surface area contributed by atoms with Gasteiger partial charge in [0, 0.05) is 44.1 Å².